The summed E-state index contributed by atoms with van der Waals surface area (Å²) in [6.45, 7) is 6.72. The van der Waals surface area contributed by atoms with Gasteiger partial charge in [-0.25, -0.2) is 9.48 Å². The molecule has 6 nitrogen and oxygen atoms in total. The van der Waals surface area contributed by atoms with Gasteiger partial charge in [-0.15, -0.1) is 0 Å². The molecule has 1 aromatic carbocycles. The smallest absolute Gasteiger partial charge is 0.411 e. The van der Waals surface area contributed by atoms with Crippen molar-refractivity contribution in [2.75, 3.05) is 13.2 Å². The maximum Gasteiger partial charge on any atom is 0.411 e. The minimum Gasteiger partial charge on any atom is -0.444 e. The van der Waals surface area contributed by atoms with Crippen molar-refractivity contribution < 1.29 is 14.3 Å². The number of aromatic nitrogens is 2. The molecule has 0 radical (unpaired) electrons. The van der Waals surface area contributed by atoms with Crippen LogP contribution in [0.2, 0.25) is 0 Å². The molecule has 2 bridgehead atoms. The molecule has 1 saturated heterocycles. The standard InChI is InChI=1S/C21H25N3O3/c1-21(2,3)27-20(25)24-18-11-16(12-19(24)14-26-13-18)15-5-7-17(8-6-15)23-10-4-9-22-23/h4-11,18-19H,12-14H2,1-3H3. The van der Waals surface area contributed by atoms with Gasteiger partial charge in [-0.2, -0.15) is 5.10 Å². The molecule has 4 rings (SSSR count). The van der Waals surface area contributed by atoms with Crippen LogP contribution in [0.1, 0.15) is 32.8 Å². The van der Waals surface area contributed by atoms with Crippen molar-refractivity contribution in [3.05, 3.63) is 54.4 Å². The van der Waals surface area contributed by atoms with Crippen molar-refractivity contribution in [2.45, 2.75) is 44.9 Å². The molecule has 0 aliphatic carbocycles. The van der Waals surface area contributed by atoms with E-state index < -0.39 is 5.60 Å². The van der Waals surface area contributed by atoms with E-state index in [-0.39, 0.29) is 18.2 Å². The van der Waals surface area contributed by atoms with Crippen molar-refractivity contribution in [3.8, 4) is 5.69 Å². The Balaban J connectivity index is 1.56. The summed E-state index contributed by atoms with van der Waals surface area (Å²) in [4.78, 5) is 14.5. The van der Waals surface area contributed by atoms with Crippen molar-refractivity contribution >= 4 is 11.7 Å². The molecule has 2 aliphatic rings. The lowest BCUT2D eigenvalue weighted by molar-refractivity contribution is -0.0510. The molecule has 2 aliphatic heterocycles. The lowest BCUT2D eigenvalue weighted by Gasteiger charge is -2.44. The van der Waals surface area contributed by atoms with E-state index in [9.17, 15) is 4.79 Å². The van der Waals surface area contributed by atoms with Gasteiger partial charge in [0, 0.05) is 12.4 Å². The fourth-order valence-electron chi connectivity index (χ4n) is 3.66. The Kier molecular flexibility index (Phi) is 4.52. The molecule has 142 valence electrons. The van der Waals surface area contributed by atoms with Crippen LogP contribution in [-0.2, 0) is 9.47 Å². The first-order valence-corrected chi connectivity index (χ1v) is 9.31. The summed E-state index contributed by atoms with van der Waals surface area (Å²) in [7, 11) is 0. The van der Waals surface area contributed by atoms with E-state index in [0.717, 1.165) is 12.1 Å². The fourth-order valence-corrected chi connectivity index (χ4v) is 3.66. The number of carbonyl (C=O) groups excluding carboxylic acids is 1. The summed E-state index contributed by atoms with van der Waals surface area (Å²) in [5.74, 6) is 0. The minimum atomic E-state index is -0.501. The summed E-state index contributed by atoms with van der Waals surface area (Å²) in [5.41, 5.74) is 2.95. The highest BCUT2D eigenvalue weighted by molar-refractivity contribution is 5.75. The number of benzene rings is 1. The first-order chi connectivity index (χ1) is 12.9. The highest BCUT2D eigenvalue weighted by Gasteiger charge is 2.40. The van der Waals surface area contributed by atoms with Gasteiger partial charge >= 0.3 is 6.09 Å². The quantitative estimate of drug-likeness (QED) is 0.813. The predicted molar refractivity (Wildman–Crippen MR) is 103 cm³/mol. The number of carbonyl (C=O) groups is 1. The molecule has 2 aromatic rings. The van der Waals surface area contributed by atoms with Gasteiger partial charge in [0.15, 0.2) is 0 Å². The largest absolute Gasteiger partial charge is 0.444 e. The number of nitrogens with zero attached hydrogens (tertiary/aromatic N) is 3. The van der Waals surface area contributed by atoms with Gasteiger partial charge in [0.1, 0.15) is 5.60 Å². The Morgan fingerprint density at radius 3 is 2.63 bits per heavy atom. The van der Waals surface area contributed by atoms with E-state index in [0.29, 0.717) is 13.2 Å². The van der Waals surface area contributed by atoms with Gasteiger partial charge in [0.25, 0.3) is 0 Å². The first kappa shape index (κ1) is 17.8. The number of amides is 1. The van der Waals surface area contributed by atoms with Crippen LogP contribution in [-0.4, -0.2) is 51.7 Å². The van der Waals surface area contributed by atoms with Crippen LogP contribution >= 0.6 is 0 Å². The molecule has 2 atom stereocenters. The summed E-state index contributed by atoms with van der Waals surface area (Å²) in [6.07, 6.45) is 6.34. The highest BCUT2D eigenvalue weighted by Crippen LogP contribution is 2.33. The molecule has 1 fully saturated rings. The second-order valence-corrected chi connectivity index (χ2v) is 8.04. The van der Waals surface area contributed by atoms with Crippen LogP contribution in [0, 0.1) is 0 Å². The zero-order valence-corrected chi connectivity index (χ0v) is 16.0. The normalized spacial score (nSPS) is 22.3. The van der Waals surface area contributed by atoms with E-state index >= 15 is 0 Å². The van der Waals surface area contributed by atoms with Gasteiger partial charge in [-0.3, -0.25) is 4.90 Å². The second kappa shape index (κ2) is 6.85. The molecule has 0 saturated carbocycles. The first-order valence-electron chi connectivity index (χ1n) is 9.31. The van der Waals surface area contributed by atoms with Crippen LogP contribution in [0.5, 0.6) is 0 Å². The Hall–Kier alpha value is -2.60. The Morgan fingerprint density at radius 2 is 2.00 bits per heavy atom. The maximum absolute atomic E-state index is 12.7. The van der Waals surface area contributed by atoms with E-state index in [2.05, 4.69) is 35.4 Å². The molecule has 1 aromatic heterocycles. The molecule has 0 N–H and O–H groups in total. The molecule has 0 spiro atoms. The monoisotopic (exact) mass is 367 g/mol. The number of ether oxygens (including phenoxy) is 2. The third-order valence-corrected chi connectivity index (χ3v) is 4.81. The van der Waals surface area contributed by atoms with Gasteiger partial charge in [0.05, 0.1) is 31.0 Å². The summed E-state index contributed by atoms with van der Waals surface area (Å²) < 4.78 is 13.1. The average Bonchev–Trinajstić information content (AvgIpc) is 3.14. The Morgan fingerprint density at radius 1 is 1.22 bits per heavy atom. The molecule has 3 heterocycles. The SMILES string of the molecule is CC(C)(C)OC(=O)N1C2C=C(c3ccc(-n4cccn4)cc3)CC1COC2. The zero-order valence-electron chi connectivity index (χ0n) is 16.0. The summed E-state index contributed by atoms with van der Waals surface area (Å²) >= 11 is 0. The fraction of sp³-hybridized carbons (Fsp3) is 0.429. The van der Waals surface area contributed by atoms with Gasteiger partial charge in [0.2, 0.25) is 0 Å². The number of hydrogen-bond acceptors (Lipinski definition) is 4. The van der Waals surface area contributed by atoms with Crippen LogP contribution < -0.4 is 0 Å². The number of rotatable bonds is 2. The predicted octanol–water partition coefficient (Wildman–Crippen LogP) is 3.66. The lowest BCUT2D eigenvalue weighted by atomic mass is 9.90. The van der Waals surface area contributed by atoms with E-state index in [1.807, 2.05) is 42.6 Å². The second-order valence-electron chi connectivity index (χ2n) is 8.04. The van der Waals surface area contributed by atoms with Crippen molar-refractivity contribution in [2.24, 2.45) is 0 Å². The van der Waals surface area contributed by atoms with Crippen molar-refractivity contribution in [1.82, 2.24) is 14.7 Å². The molecule has 1 amide bonds. The van der Waals surface area contributed by atoms with Crippen molar-refractivity contribution in [1.29, 1.82) is 0 Å². The summed E-state index contributed by atoms with van der Waals surface area (Å²) in [6, 6.07) is 10.2. The van der Waals surface area contributed by atoms with Gasteiger partial charge < -0.3 is 9.47 Å². The van der Waals surface area contributed by atoms with Gasteiger partial charge in [-0.1, -0.05) is 18.2 Å². The molecular formula is C21H25N3O3. The van der Waals surface area contributed by atoms with E-state index in [1.54, 1.807) is 6.20 Å². The molecule has 27 heavy (non-hydrogen) atoms. The third-order valence-electron chi connectivity index (χ3n) is 4.81. The Bertz CT molecular complexity index is 835. The zero-order chi connectivity index (χ0) is 19.0. The maximum atomic E-state index is 12.7. The number of morpholine rings is 1. The number of fused-ring (bicyclic) bond motifs is 2. The average molecular weight is 367 g/mol. The van der Waals surface area contributed by atoms with Crippen LogP contribution in [0.25, 0.3) is 11.3 Å². The summed E-state index contributed by atoms with van der Waals surface area (Å²) in [5, 5.41) is 4.26. The Labute approximate surface area is 159 Å². The van der Waals surface area contributed by atoms with E-state index in [4.69, 9.17) is 9.47 Å². The van der Waals surface area contributed by atoms with Gasteiger partial charge in [-0.05, 0) is 56.5 Å². The highest BCUT2D eigenvalue weighted by atomic mass is 16.6. The van der Waals surface area contributed by atoms with Crippen LogP contribution in [0.3, 0.4) is 0 Å². The number of hydrogen-bond donors (Lipinski definition) is 0. The lowest BCUT2D eigenvalue weighted by Crippen LogP contribution is -2.57. The molecule has 6 heteroatoms. The van der Waals surface area contributed by atoms with Crippen LogP contribution in [0.15, 0.2) is 48.8 Å². The molecular weight excluding hydrogens is 342 g/mol. The topological polar surface area (TPSA) is 56.6 Å². The minimum absolute atomic E-state index is 0.00407. The van der Waals surface area contributed by atoms with Crippen molar-refractivity contribution in [3.63, 3.8) is 0 Å². The molecule has 2 unspecified atom stereocenters. The van der Waals surface area contributed by atoms with Crippen LogP contribution in [0.4, 0.5) is 4.79 Å². The van der Waals surface area contributed by atoms with E-state index in [1.165, 1.54) is 11.1 Å². The third kappa shape index (κ3) is 3.76.